The maximum atomic E-state index is 12.3. The van der Waals surface area contributed by atoms with Crippen LogP contribution in [0.15, 0.2) is 4.42 Å². The predicted octanol–water partition coefficient (Wildman–Crippen LogP) is -1.64. The number of nitrogens with zero attached hydrogens (tertiary/aromatic N) is 2. The Morgan fingerprint density at radius 1 is 1.13 bits per heavy atom. The van der Waals surface area contributed by atoms with Crippen LogP contribution in [-0.2, 0) is 19.8 Å². The van der Waals surface area contributed by atoms with Crippen molar-refractivity contribution in [2.24, 2.45) is 11.5 Å². The molecule has 0 aliphatic heterocycles. The van der Waals surface area contributed by atoms with E-state index in [0.717, 1.165) is 13.3 Å². The molecule has 0 aliphatic rings. The Kier molecular flexibility index (Phi) is 10.2. The molecule has 0 bridgehead atoms. The fourth-order valence-corrected chi connectivity index (χ4v) is 3.71. The van der Waals surface area contributed by atoms with Gasteiger partial charge < -0.3 is 31.2 Å². The van der Waals surface area contributed by atoms with Crippen LogP contribution in [0.4, 0.5) is 0 Å². The highest BCUT2D eigenvalue weighted by atomic mass is 32.2. The number of aliphatic carboxylic acids is 2. The topological polar surface area (TPSA) is 244 Å². The van der Waals surface area contributed by atoms with Crippen LogP contribution in [0, 0.1) is 0 Å². The molecule has 0 spiro atoms. The molecule has 4 atom stereocenters. The van der Waals surface area contributed by atoms with Gasteiger partial charge in [0.25, 0.3) is 10.2 Å². The second-order valence-electron chi connectivity index (χ2n) is 6.65. The summed E-state index contributed by atoms with van der Waals surface area (Å²) in [5.74, 6) is -2.98. The molecule has 9 N–H and O–H groups in total. The fourth-order valence-electron chi connectivity index (χ4n) is 2.41. The van der Waals surface area contributed by atoms with Gasteiger partial charge in [0.05, 0.1) is 12.1 Å². The molecule has 0 aromatic carbocycles. The first-order valence-corrected chi connectivity index (χ1v) is 10.7. The summed E-state index contributed by atoms with van der Waals surface area (Å²) < 4.78 is 33.9. The Hall–Kier alpha value is -2.17. The molecular formula is C15H28N6O8S. The monoisotopic (exact) mass is 452 g/mol. The maximum Gasteiger partial charge on any atom is 0.324 e. The molecule has 0 aliphatic carbocycles. The molecule has 1 rings (SSSR count). The third-order valence-corrected chi connectivity index (χ3v) is 5.17. The van der Waals surface area contributed by atoms with E-state index >= 15 is 0 Å². The zero-order chi connectivity index (χ0) is 22.9. The van der Waals surface area contributed by atoms with Gasteiger partial charge in [-0.1, -0.05) is 6.42 Å². The highest BCUT2D eigenvalue weighted by Gasteiger charge is 2.32. The van der Waals surface area contributed by atoms with Crippen molar-refractivity contribution in [1.29, 1.82) is 0 Å². The number of carboxylic acids is 2. The zero-order valence-electron chi connectivity index (χ0n) is 16.4. The van der Waals surface area contributed by atoms with Crippen LogP contribution >= 0.6 is 0 Å². The predicted molar refractivity (Wildman–Crippen MR) is 102 cm³/mol. The van der Waals surface area contributed by atoms with E-state index in [4.69, 9.17) is 26.1 Å². The average Bonchev–Trinajstić information content (AvgIpc) is 3.13. The standard InChI is InChI=1S/C15H28N6O8S/c1-8(22)12(15(25)26)21-30(27,28)20-10(5-6-11(23)24)14-19-18-13(29-14)9(17)4-2-3-7-16/h8-10,12,20-22H,2-7,16-17H2,1H3,(H,23,24)(H,25,26)/t8?,9-,10-,12-/m0/s1. The Bertz CT molecular complexity index is 799. The molecule has 14 nitrogen and oxygen atoms in total. The molecule has 0 fully saturated rings. The van der Waals surface area contributed by atoms with Gasteiger partial charge in [0.15, 0.2) is 0 Å². The number of aromatic nitrogens is 2. The summed E-state index contributed by atoms with van der Waals surface area (Å²) in [7, 11) is -4.50. The van der Waals surface area contributed by atoms with Gasteiger partial charge in [0.2, 0.25) is 11.8 Å². The van der Waals surface area contributed by atoms with Gasteiger partial charge in [-0.3, -0.25) is 9.59 Å². The van der Waals surface area contributed by atoms with Crippen molar-refractivity contribution in [3.8, 4) is 0 Å². The molecule has 30 heavy (non-hydrogen) atoms. The van der Waals surface area contributed by atoms with Gasteiger partial charge in [-0.2, -0.15) is 17.9 Å². The largest absolute Gasteiger partial charge is 0.481 e. The Balaban J connectivity index is 2.99. The number of unbranched alkanes of at least 4 members (excludes halogenated alkanes) is 1. The second-order valence-corrected chi connectivity index (χ2v) is 8.13. The van der Waals surface area contributed by atoms with E-state index in [9.17, 15) is 23.1 Å². The normalized spacial score (nSPS) is 16.0. The van der Waals surface area contributed by atoms with E-state index in [2.05, 4.69) is 14.9 Å². The summed E-state index contributed by atoms with van der Waals surface area (Å²) in [4.78, 5) is 22.0. The van der Waals surface area contributed by atoms with Gasteiger partial charge in [0, 0.05) is 6.42 Å². The maximum absolute atomic E-state index is 12.3. The van der Waals surface area contributed by atoms with E-state index in [1.165, 1.54) is 0 Å². The fraction of sp³-hybridized carbons (Fsp3) is 0.733. The number of aliphatic hydroxyl groups is 1. The zero-order valence-corrected chi connectivity index (χ0v) is 17.2. The van der Waals surface area contributed by atoms with Gasteiger partial charge >= 0.3 is 11.9 Å². The van der Waals surface area contributed by atoms with Crippen LogP contribution in [0.2, 0.25) is 0 Å². The number of carboxylic acid groups (broad SMARTS) is 2. The molecule has 0 amide bonds. The minimum absolute atomic E-state index is 0.0434. The SMILES string of the molecule is CC(O)[C@H](NS(=O)(=O)N[C@@H](CCC(=O)O)c1nnc([C@@H](N)CCCCN)o1)C(=O)O. The highest BCUT2D eigenvalue weighted by Crippen LogP contribution is 2.22. The summed E-state index contributed by atoms with van der Waals surface area (Å²) >= 11 is 0. The van der Waals surface area contributed by atoms with E-state index in [1.54, 1.807) is 4.72 Å². The van der Waals surface area contributed by atoms with Gasteiger partial charge in [-0.25, -0.2) is 0 Å². The summed E-state index contributed by atoms with van der Waals surface area (Å²) in [6, 6.07) is -3.70. The molecule has 0 radical (unpaired) electrons. The third kappa shape index (κ3) is 8.68. The lowest BCUT2D eigenvalue weighted by atomic mass is 10.1. The first-order valence-electron chi connectivity index (χ1n) is 9.18. The molecule has 0 saturated heterocycles. The number of hydrogen-bond donors (Lipinski definition) is 7. The van der Waals surface area contributed by atoms with Crippen molar-refractivity contribution in [1.82, 2.24) is 19.6 Å². The van der Waals surface area contributed by atoms with Crippen molar-refractivity contribution in [2.75, 3.05) is 6.54 Å². The van der Waals surface area contributed by atoms with Crippen LogP contribution in [0.25, 0.3) is 0 Å². The van der Waals surface area contributed by atoms with E-state index in [0.29, 0.717) is 19.4 Å². The van der Waals surface area contributed by atoms with Gasteiger partial charge in [0.1, 0.15) is 12.1 Å². The van der Waals surface area contributed by atoms with Crippen LogP contribution in [0.5, 0.6) is 0 Å². The van der Waals surface area contributed by atoms with Crippen molar-refractivity contribution >= 4 is 22.1 Å². The lowest BCUT2D eigenvalue weighted by molar-refractivity contribution is -0.141. The highest BCUT2D eigenvalue weighted by molar-refractivity contribution is 7.87. The van der Waals surface area contributed by atoms with E-state index in [-0.39, 0.29) is 18.2 Å². The van der Waals surface area contributed by atoms with Crippen LogP contribution in [-0.4, -0.2) is 64.6 Å². The van der Waals surface area contributed by atoms with Gasteiger partial charge in [-0.15, -0.1) is 10.2 Å². The molecule has 1 unspecified atom stereocenters. The van der Waals surface area contributed by atoms with Crippen molar-refractivity contribution < 1.29 is 37.7 Å². The van der Waals surface area contributed by atoms with Crippen LogP contribution in [0.1, 0.15) is 62.9 Å². The number of nitrogens with two attached hydrogens (primary N) is 2. The van der Waals surface area contributed by atoms with Gasteiger partial charge in [-0.05, 0) is 32.7 Å². The average molecular weight is 452 g/mol. The summed E-state index contributed by atoms with van der Waals surface area (Å²) in [5.41, 5.74) is 11.4. The number of rotatable bonds is 15. The van der Waals surface area contributed by atoms with Crippen molar-refractivity contribution in [2.45, 2.75) is 63.3 Å². The number of hydrogen-bond acceptors (Lipinski definition) is 10. The number of nitrogens with one attached hydrogen (secondary N) is 2. The molecule has 15 heteroatoms. The van der Waals surface area contributed by atoms with Crippen molar-refractivity contribution in [3.05, 3.63) is 11.8 Å². The smallest absolute Gasteiger partial charge is 0.324 e. The summed E-state index contributed by atoms with van der Waals surface area (Å²) in [6.45, 7) is 1.59. The van der Waals surface area contributed by atoms with Crippen LogP contribution < -0.4 is 20.9 Å². The third-order valence-electron chi connectivity index (χ3n) is 4.02. The Morgan fingerprint density at radius 2 is 1.77 bits per heavy atom. The lowest BCUT2D eigenvalue weighted by Crippen LogP contribution is -2.52. The van der Waals surface area contributed by atoms with E-state index in [1.807, 2.05) is 0 Å². The number of aliphatic hydroxyl groups excluding tert-OH is 1. The molecule has 1 heterocycles. The minimum Gasteiger partial charge on any atom is -0.481 e. The second kappa shape index (κ2) is 11.9. The molecular weight excluding hydrogens is 424 g/mol. The minimum atomic E-state index is -4.50. The number of carbonyl (C=O) groups is 2. The summed E-state index contributed by atoms with van der Waals surface area (Å²) in [5, 5.41) is 34.9. The lowest BCUT2D eigenvalue weighted by Gasteiger charge is -2.20. The Morgan fingerprint density at radius 3 is 2.30 bits per heavy atom. The first-order chi connectivity index (χ1) is 14.0. The Labute approximate surface area is 173 Å². The molecule has 172 valence electrons. The quantitative estimate of drug-likeness (QED) is 0.148. The molecule has 1 aromatic rings. The summed E-state index contributed by atoms with van der Waals surface area (Å²) in [6.07, 6.45) is -0.266. The van der Waals surface area contributed by atoms with Crippen LogP contribution in [0.3, 0.4) is 0 Å². The van der Waals surface area contributed by atoms with E-state index < -0.39 is 52.8 Å². The first kappa shape index (κ1) is 25.9. The molecule has 0 saturated carbocycles. The molecule has 1 aromatic heterocycles. The van der Waals surface area contributed by atoms with Crippen molar-refractivity contribution in [3.63, 3.8) is 0 Å².